The van der Waals surface area contributed by atoms with Crippen molar-refractivity contribution in [1.82, 2.24) is 4.98 Å². The molecule has 0 amide bonds. The van der Waals surface area contributed by atoms with Crippen LogP contribution in [-0.2, 0) is 0 Å². The molecule has 0 atom stereocenters. The zero-order valence-corrected chi connectivity index (χ0v) is 14.6. The summed E-state index contributed by atoms with van der Waals surface area (Å²) in [5.74, 6) is 0.638. The predicted molar refractivity (Wildman–Crippen MR) is 107 cm³/mol. The normalized spacial score (nSPS) is 11.3. The van der Waals surface area contributed by atoms with Gasteiger partial charge in [0.2, 0.25) is 5.89 Å². The Bertz CT molecular complexity index is 1240. The molecule has 0 aliphatic rings. The molecule has 0 unspecified atom stereocenters. The van der Waals surface area contributed by atoms with Gasteiger partial charge in [-0.15, -0.1) is 0 Å². The number of nitrogens with zero attached hydrogens (tertiary/aromatic N) is 1. The lowest BCUT2D eigenvalue weighted by atomic mass is 10.1. The van der Waals surface area contributed by atoms with E-state index in [1.165, 1.54) is 10.8 Å². The minimum atomic E-state index is 0.638. The number of fused-ring (bicyclic) bond motifs is 2. The molecule has 0 aliphatic carbocycles. The van der Waals surface area contributed by atoms with E-state index in [0.717, 1.165) is 32.8 Å². The van der Waals surface area contributed by atoms with Crippen molar-refractivity contribution in [1.29, 1.82) is 0 Å². The molecule has 0 aliphatic heterocycles. The minimum absolute atomic E-state index is 0.638. The molecule has 124 valence electrons. The van der Waals surface area contributed by atoms with Gasteiger partial charge in [0.15, 0.2) is 5.58 Å². The molecule has 5 rings (SSSR count). The van der Waals surface area contributed by atoms with E-state index in [2.05, 4.69) is 35.3 Å². The zero-order chi connectivity index (χ0) is 17.5. The molecule has 0 bridgehead atoms. The van der Waals surface area contributed by atoms with Gasteiger partial charge in [0, 0.05) is 10.6 Å². The van der Waals surface area contributed by atoms with E-state index in [1.807, 2.05) is 54.6 Å². The average molecular weight is 356 g/mol. The SMILES string of the molecule is Clc1ccc(-c2ccc3nc(-c4ccc5ccccc5c4)oc3c2)cc1. The second-order valence-corrected chi connectivity index (χ2v) is 6.71. The fraction of sp³-hybridized carbons (Fsp3) is 0. The molecule has 0 radical (unpaired) electrons. The lowest BCUT2D eigenvalue weighted by Gasteiger charge is -2.01. The molecule has 0 spiro atoms. The maximum Gasteiger partial charge on any atom is 0.227 e. The number of hydrogen-bond acceptors (Lipinski definition) is 2. The summed E-state index contributed by atoms with van der Waals surface area (Å²) in [6.07, 6.45) is 0. The van der Waals surface area contributed by atoms with Crippen LogP contribution < -0.4 is 0 Å². The Kier molecular flexibility index (Phi) is 3.51. The van der Waals surface area contributed by atoms with Crippen LogP contribution in [-0.4, -0.2) is 4.98 Å². The summed E-state index contributed by atoms with van der Waals surface area (Å²) in [5, 5.41) is 3.11. The Labute approximate surface area is 155 Å². The fourth-order valence-corrected chi connectivity index (χ4v) is 3.32. The number of aromatic nitrogens is 1. The van der Waals surface area contributed by atoms with Gasteiger partial charge in [0.25, 0.3) is 0 Å². The highest BCUT2D eigenvalue weighted by molar-refractivity contribution is 6.30. The third-order valence-corrected chi connectivity index (χ3v) is 4.81. The standard InChI is InChI=1S/C23H14ClNO/c24-20-10-7-16(8-11-20)18-9-12-21-22(14-18)26-23(25-21)19-6-5-15-3-1-2-4-17(15)13-19/h1-14H. The van der Waals surface area contributed by atoms with Crippen molar-refractivity contribution in [2.45, 2.75) is 0 Å². The molecule has 0 N–H and O–H groups in total. The second kappa shape index (κ2) is 6.01. The summed E-state index contributed by atoms with van der Waals surface area (Å²) in [7, 11) is 0. The molecular weight excluding hydrogens is 342 g/mol. The van der Waals surface area contributed by atoms with Crippen LogP contribution >= 0.6 is 11.6 Å². The summed E-state index contributed by atoms with van der Waals surface area (Å²) < 4.78 is 6.05. The third kappa shape index (κ3) is 2.65. The number of rotatable bonds is 2. The molecule has 0 fully saturated rings. The van der Waals surface area contributed by atoms with Crippen LogP contribution in [0.5, 0.6) is 0 Å². The second-order valence-electron chi connectivity index (χ2n) is 6.27. The molecule has 0 saturated heterocycles. The summed E-state index contributed by atoms with van der Waals surface area (Å²) in [6.45, 7) is 0. The monoisotopic (exact) mass is 355 g/mol. The highest BCUT2D eigenvalue weighted by Crippen LogP contribution is 2.30. The van der Waals surface area contributed by atoms with Gasteiger partial charge >= 0.3 is 0 Å². The van der Waals surface area contributed by atoms with Crippen molar-refractivity contribution in [3.05, 3.63) is 90.0 Å². The lowest BCUT2D eigenvalue weighted by molar-refractivity contribution is 0.620. The Morgan fingerprint density at radius 2 is 1.38 bits per heavy atom. The van der Waals surface area contributed by atoms with Gasteiger partial charge in [0.05, 0.1) is 0 Å². The topological polar surface area (TPSA) is 26.0 Å². The summed E-state index contributed by atoms with van der Waals surface area (Å²) in [4.78, 5) is 4.65. The van der Waals surface area contributed by atoms with Gasteiger partial charge in [-0.2, -0.15) is 0 Å². The van der Waals surface area contributed by atoms with Crippen LogP contribution in [0.15, 0.2) is 89.3 Å². The molecule has 0 saturated carbocycles. The molecule has 1 aromatic heterocycles. The molecule has 5 aromatic rings. The summed E-state index contributed by atoms with van der Waals surface area (Å²) in [5.41, 5.74) is 4.79. The van der Waals surface area contributed by atoms with Crippen LogP contribution in [0.3, 0.4) is 0 Å². The van der Waals surface area contributed by atoms with Crippen molar-refractivity contribution in [3.8, 4) is 22.6 Å². The Morgan fingerprint density at radius 3 is 2.23 bits per heavy atom. The van der Waals surface area contributed by atoms with E-state index in [1.54, 1.807) is 0 Å². The Morgan fingerprint density at radius 1 is 0.654 bits per heavy atom. The number of hydrogen-bond donors (Lipinski definition) is 0. The van der Waals surface area contributed by atoms with E-state index in [0.29, 0.717) is 5.89 Å². The van der Waals surface area contributed by atoms with Gasteiger partial charge in [-0.05, 0) is 58.3 Å². The fourth-order valence-electron chi connectivity index (χ4n) is 3.19. The number of oxazole rings is 1. The van der Waals surface area contributed by atoms with E-state index in [4.69, 9.17) is 16.0 Å². The van der Waals surface area contributed by atoms with Gasteiger partial charge in [-0.3, -0.25) is 0 Å². The quantitative estimate of drug-likeness (QED) is 0.342. The molecule has 26 heavy (non-hydrogen) atoms. The van der Waals surface area contributed by atoms with Crippen molar-refractivity contribution in [2.75, 3.05) is 0 Å². The number of benzene rings is 4. The van der Waals surface area contributed by atoms with Crippen LogP contribution in [0, 0.1) is 0 Å². The maximum atomic E-state index is 6.05. The van der Waals surface area contributed by atoms with Gasteiger partial charge in [0.1, 0.15) is 5.52 Å². The first kappa shape index (κ1) is 15.2. The molecule has 2 nitrogen and oxygen atoms in total. The minimum Gasteiger partial charge on any atom is -0.436 e. The van der Waals surface area contributed by atoms with Crippen molar-refractivity contribution < 1.29 is 4.42 Å². The molecular formula is C23H14ClNO. The first-order valence-electron chi connectivity index (χ1n) is 8.42. The Balaban J connectivity index is 1.59. The number of halogens is 1. The smallest absolute Gasteiger partial charge is 0.227 e. The molecule has 4 aromatic carbocycles. The maximum absolute atomic E-state index is 6.05. The van der Waals surface area contributed by atoms with Gasteiger partial charge in [-0.25, -0.2) is 4.98 Å². The summed E-state index contributed by atoms with van der Waals surface area (Å²) in [6, 6.07) is 28.4. The van der Waals surface area contributed by atoms with Gasteiger partial charge in [-0.1, -0.05) is 60.1 Å². The highest BCUT2D eigenvalue weighted by Gasteiger charge is 2.10. The summed E-state index contributed by atoms with van der Waals surface area (Å²) >= 11 is 5.98. The Hall–Kier alpha value is -3.10. The van der Waals surface area contributed by atoms with E-state index >= 15 is 0 Å². The lowest BCUT2D eigenvalue weighted by Crippen LogP contribution is -1.78. The van der Waals surface area contributed by atoms with E-state index in [-0.39, 0.29) is 0 Å². The van der Waals surface area contributed by atoms with E-state index < -0.39 is 0 Å². The van der Waals surface area contributed by atoms with Gasteiger partial charge < -0.3 is 4.42 Å². The molecule has 1 heterocycles. The van der Waals surface area contributed by atoms with Crippen LogP contribution in [0.1, 0.15) is 0 Å². The van der Waals surface area contributed by atoms with Crippen molar-refractivity contribution in [2.24, 2.45) is 0 Å². The zero-order valence-electron chi connectivity index (χ0n) is 13.8. The first-order valence-corrected chi connectivity index (χ1v) is 8.80. The van der Waals surface area contributed by atoms with Crippen LogP contribution in [0.2, 0.25) is 5.02 Å². The largest absolute Gasteiger partial charge is 0.436 e. The first-order chi connectivity index (χ1) is 12.8. The van der Waals surface area contributed by atoms with Crippen LogP contribution in [0.4, 0.5) is 0 Å². The predicted octanol–water partition coefficient (Wildman–Crippen LogP) is 6.97. The van der Waals surface area contributed by atoms with Crippen LogP contribution in [0.25, 0.3) is 44.5 Å². The third-order valence-electron chi connectivity index (χ3n) is 4.56. The van der Waals surface area contributed by atoms with E-state index in [9.17, 15) is 0 Å². The highest BCUT2D eigenvalue weighted by atomic mass is 35.5. The average Bonchev–Trinajstić information content (AvgIpc) is 3.11. The molecule has 3 heteroatoms. The van der Waals surface area contributed by atoms with Crippen molar-refractivity contribution in [3.63, 3.8) is 0 Å². The van der Waals surface area contributed by atoms with Crippen molar-refractivity contribution >= 4 is 33.5 Å².